The Hall–Kier alpha value is -2.81. The normalized spacial score (nSPS) is 16.4. The van der Waals surface area contributed by atoms with E-state index in [1.54, 1.807) is 47.4 Å². The number of benzene rings is 2. The van der Waals surface area contributed by atoms with Crippen molar-refractivity contribution in [2.24, 2.45) is 0 Å². The number of ether oxygens (including phenoxy) is 3. The zero-order valence-corrected chi connectivity index (χ0v) is 17.8. The van der Waals surface area contributed by atoms with Gasteiger partial charge in [0, 0.05) is 31.9 Å². The van der Waals surface area contributed by atoms with Gasteiger partial charge in [-0.05, 0) is 30.3 Å². The van der Waals surface area contributed by atoms with Crippen LogP contribution in [0.25, 0.3) is 0 Å². The quantitative estimate of drug-likeness (QED) is 0.705. The first kappa shape index (κ1) is 21.4. The van der Waals surface area contributed by atoms with E-state index < -0.39 is 0 Å². The molecule has 1 saturated heterocycles. The van der Waals surface area contributed by atoms with Gasteiger partial charge >= 0.3 is 0 Å². The molecule has 0 atom stereocenters. The Balaban J connectivity index is 1.39. The van der Waals surface area contributed by atoms with Crippen molar-refractivity contribution in [3.05, 3.63) is 47.5 Å². The molecule has 1 N–H and O–H groups in total. The van der Waals surface area contributed by atoms with Gasteiger partial charge in [-0.3, -0.25) is 14.5 Å². The Morgan fingerprint density at radius 3 is 2.74 bits per heavy atom. The highest BCUT2D eigenvalue weighted by atomic mass is 35.5. The second kappa shape index (κ2) is 10.00. The summed E-state index contributed by atoms with van der Waals surface area (Å²) in [7, 11) is 0. The van der Waals surface area contributed by atoms with Crippen molar-refractivity contribution in [2.45, 2.75) is 0 Å². The van der Waals surface area contributed by atoms with E-state index in [2.05, 4.69) is 10.2 Å². The van der Waals surface area contributed by atoms with Crippen LogP contribution in [0, 0.1) is 0 Å². The average molecular weight is 446 g/mol. The van der Waals surface area contributed by atoms with Gasteiger partial charge < -0.3 is 24.4 Å². The highest BCUT2D eigenvalue weighted by molar-refractivity contribution is 6.32. The van der Waals surface area contributed by atoms with Crippen molar-refractivity contribution in [2.75, 3.05) is 62.8 Å². The molecular formula is C22H24ClN3O5. The number of nitrogens with one attached hydrogen (secondary N) is 1. The molecule has 0 saturated carbocycles. The summed E-state index contributed by atoms with van der Waals surface area (Å²) in [6, 6.07) is 12.2. The smallest absolute Gasteiger partial charge is 0.265 e. The number of fused-ring (bicyclic) bond motifs is 1. The Kier molecular flexibility index (Phi) is 6.91. The van der Waals surface area contributed by atoms with E-state index >= 15 is 0 Å². The lowest BCUT2D eigenvalue weighted by Crippen LogP contribution is -2.45. The molecule has 8 nitrogen and oxygen atoms in total. The minimum Gasteiger partial charge on any atom is -0.482 e. The first-order chi connectivity index (χ1) is 15.1. The van der Waals surface area contributed by atoms with Crippen LogP contribution in [-0.4, -0.2) is 69.3 Å². The molecule has 0 radical (unpaired) electrons. The maximum absolute atomic E-state index is 12.5. The first-order valence-electron chi connectivity index (χ1n) is 10.1. The van der Waals surface area contributed by atoms with Crippen LogP contribution >= 0.6 is 11.6 Å². The number of halogens is 1. The van der Waals surface area contributed by atoms with E-state index in [9.17, 15) is 9.59 Å². The van der Waals surface area contributed by atoms with Crippen LogP contribution in [0.3, 0.4) is 0 Å². The summed E-state index contributed by atoms with van der Waals surface area (Å²) in [5.41, 5.74) is 1.20. The summed E-state index contributed by atoms with van der Waals surface area (Å²) in [4.78, 5) is 28.8. The molecular weight excluding hydrogens is 422 g/mol. The maximum atomic E-state index is 12.5. The van der Waals surface area contributed by atoms with Crippen molar-refractivity contribution in [3.63, 3.8) is 0 Å². The predicted octanol–water partition coefficient (Wildman–Crippen LogP) is 2.42. The van der Waals surface area contributed by atoms with Gasteiger partial charge in [-0.2, -0.15) is 0 Å². The molecule has 4 rings (SSSR count). The lowest BCUT2D eigenvalue weighted by atomic mass is 10.2. The lowest BCUT2D eigenvalue weighted by Gasteiger charge is -2.33. The Bertz CT molecular complexity index is 948. The van der Waals surface area contributed by atoms with Gasteiger partial charge in [-0.25, -0.2) is 0 Å². The van der Waals surface area contributed by atoms with E-state index in [1.807, 2.05) is 0 Å². The Morgan fingerprint density at radius 2 is 1.94 bits per heavy atom. The fourth-order valence-electron chi connectivity index (χ4n) is 3.49. The van der Waals surface area contributed by atoms with Gasteiger partial charge in [-0.1, -0.05) is 23.7 Å². The number of carbonyl (C=O) groups excluding carboxylic acids is 2. The monoisotopic (exact) mass is 445 g/mol. The molecule has 2 amide bonds. The second-order valence-electron chi connectivity index (χ2n) is 7.24. The molecule has 2 aromatic carbocycles. The summed E-state index contributed by atoms with van der Waals surface area (Å²) in [6.45, 7) is 4.24. The highest BCUT2D eigenvalue weighted by Gasteiger charge is 2.26. The maximum Gasteiger partial charge on any atom is 0.265 e. The van der Waals surface area contributed by atoms with Crippen molar-refractivity contribution >= 4 is 34.8 Å². The van der Waals surface area contributed by atoms with E-state index in [0.29, 0.717) is 47.7 Å². The van der Waals surface area contributed by atoms with Gasteiger partial charge in [-0.15, -0.1) is 0 Å². The third-order valence-corrected chi connectivity index (χ3v) is 5.44. The van der Waals surface area contributed by atoms with E-state index in [-0.39, 0.29) is 25.0 Å². The highest BCUT2D eigenvalue weighted by Crippen LogP contribution is 2.34. The number of anilines is 2. The number of rotatable bonds is 7. The molecule has 0 bridgehead atoms. The molecule has 164 valence electrons. The topological polar surface area (TPSA) is 80.3 Å². The summed E-state index contributed by atoms with van der Waals surface area (Å²) >= 11 is 6.04. The summed E-state index contributed by atoms with van der Waals surface area (Å²) < 4.78 is 16.4. The SMILES string of the molecule is O=C(COc1ccccc1Cl)Nc1ccc2c(c1)N(CCN1CCOCC1)C(=O)CO2. The van der Waals surface area contributed by atoms with Gasteiger partial charge in [0.1, 0.15) is 11.5 Å². The molecule has 0 unspecified atom stereocenters. The number of carbonyl (C=O) groups is 2. The van der Waals surface area contributed by atoms with Crippen LogP contribution in [-0.2, 0) is 14.3 Å². The van der Waals surface area contributed by atoms with Gasteiger partial charge in [0.2, 0.25) is 0 Å². The number of nitrogens with zero attached hydrogens (tertiary/aromatic N) is 2. The minimum atomic E-state index is -0.331. The van der Waals surface area contributed by atoms with Crippen LogP contribution in [0.15, 0.2) is 42.5 Å². The average Bonchev–Trinajstić information content (AvgIpc) is 2.78. The second-order valence-corrected chi connectivity index (χ2v) is 7.65. The predicted molar refractivity (Wildman–Crippen MR) is 117 cm³/mol. The lowest BCUT2D eigenvalue weighted by molar-refractivity contribution is -0.121. The van der Waals surface area contributed by atoms with Crippen molar-refractivity contribution < 1.29 is 23.8 Å². The molecule has 1 fully saturated rings. The summed E-state index contributed by atoms with van der Waals surface area (Å²) in [6.07, 6.45) is 0. The number of amides is 2. The van der Waals surface area contributed by atoms with Gasteiger partial charge in [0.25, 0.3) is 11.8 Å². The molecule has 0 aromatic heterocycles. The molecule has 2 heterocycles. The fourth-order valence-corrected chi connectivity index (χ4v) is 3.68. The third kappa shape index (κ3) is 5.46. The Morgan fingerprint density at radius 1 is 1.13 bits per heavy atom. The zero-order chi connectivity index (χ0) is 21.6. The first-order valence-corrected chi connectivity index (χ1v) is 10.5. The molecule has 31 heavy (non-hydrogen) atoms. The molecule has 9 heteroatoms. The van der Waals surface area contributed by atoms with E-state index in [1.165, 1.54) is 0 Å². The van der Waals surface area contributed by atoms with Crippen molar-refractivity contribution in [3.8, 4) is 11.5 Å². The Labute approximate surface area is 185 Å². The van der Waals surface area contributed by atoms with E-state index in [4.69, 9.17) is 25.8 Å². The standard InChI is InChI=1S/C22H24ClN3O5/c23-17-3-1-2-4-19(17)30-14-21(27)24-16-5-6-20-18(13-16)26(22(28)15-31-20)8-7-25-9-11-29-12-10-25/h1-6,13H,7-12,14-15H2,(H,24,27). The van der Waals surface area contributed by atoms with Gasteiger partial charge in [0.05, 0.1) is 23.9 Å². The molecule has 0 aliphatic carbocycles. The van der Waals surface area contributed by atoms with Crippen molar-refractivity contribution in [1.29, 1.82) is 0 Å². The van der Waals surface area contributed by atoms with Crippen molar-refractivity contribution in [1.82, 2.24) is 4.90 Å². The summed E-state index contributed by atoms with van der Waals surface area (Å²) in [5.74, 6) is 0.624. The van der Waals surface area contributed by atoms with Crippen LogP contribution in [0.1, 0.15) is 0 Å². The molecule has 2 aliphatic rings. The summed E-state index contributed by atoms with van der Waals surface area (Å²) in [5, 5.41) is 3.24. The van der Waals surface area contributed by atoms with Gasteiger partial charge in [0.15, 0.2) is 13.2 Å². The molecule has 2 aromatic rings. The minimum absolute atomic E-state index is 0.00743. The zero-order valence-electron chi connectivity index (χ0n) is 17.0. The fraction of sp³-hybridized carbons (Fsp3) is 0.364. The van der Waals surface area contributed by atoms with Crippen LogP contribution in [0.5, 0.6) is 11.5 Å². The number of morpholine rings is 1. The van der Waals surface area contributed by atoms with E-state index in [0.717, 1.165) is 19.6 Å². The largest absolute Gasteiger partial charge is 0.482 e. The van der Waals surface area contributed by atoms with Crippen LogP contribution in [0.4, 0.5) is 11.4 Å². The molecule has 0 spiro atoms. The van der Waals surface area contributed by atoms with Crippen LogP contribution < -0.4 is 19.7 Å². The number of hydrogen-bond donors (Lipinski definition) is 1. The number of hydrogen-bond acceptors (Lipinski definition) is 6. The van der Waals surface area contributed by atoms with Crippen LogP contribution in [0.2, 0.25) is 5.02 Å². The molecule has 2 aliphatic heterocycles. The number of para-hydroxylation sites is 1. The third-order valence-electron chi connectivity index (χ3n) is 5.12.